The summed E-state index contributed by atoms with van der Waals surface area (Å²) in [4.78, 5) is 4.08. The van der Waals surface area contributed by atoms with Crippen molar-refractivity contribution in [2.45, 2.75) is 50.9 Å². The molecule has 1 aliphatic rings. The van der Waals surface area contributed by atoms with Gasteiger partial charge in [0, 0.05) is 38.4 Å². The van der Waals surface area contributed by atoms with E-state index < -0.39 is 11.9 Å². The number of aryl methyl sites for hydroxylation is 1. The van der Waals surface area contributed by atoms with Crippen molar-refractivity contribution in [3.63, 3.8) is 0 Å². The van der Waals surface area contributed by atoms with Crippen molar-refractivity contribution in [1.29, 1.82) is 0 Å². The van der Waals surface area contributed by atoms with Crippen molar-refractivity contribution < 1.29 is 13.2 Å². The van der Waals surface area contributed by atoms with Gasteiger partial charge >= 0.3 is 6.18 Å². The average Bonchev–Trinajstić information content (AvgIpc) is 2.86. The van der Waals surface area contributed by atoms with Gasteiger partial charge in [0.2, 0.25) is 0 Å². The Balaban J connectivity index is 1.96. The summed E-state index contributed by atoms with van der Waals surface area (Å²) >= 11 is 0. The molecule has 124 valence electrons. The first-order chi connectivity index (χ1) is 10.4. The van der Waals surface area contributed by atoms with Gasteiger partial charge < -0.3 is 10.6 Å². The molecule has 0 aromatic carbocycles. The summed E-state index contributed by atoms with van der Waals surface area (Å²) in [7, 11) is 3.10. The first kappa shape index (κ1) is 16.6. The van der Waals surface area contributed by atoms with E-state index in [9.17, 15) is 13.2 Å². The highest BCUT2D eigenvalue weighted by molar-refractivity contribution is 5.79. The molecule has 1 saturated carbocycles. The quantitative estimate of drug-likeness (QED) is 0.665. The molecular weight excluding hydrogens is 295 g/mol. The molecule has 5 nitrogen and oxygen atoms in total. The molecule has 2 N–H and O–H groups in total. The van der Waals surface area contributed by atoms with Crippen molar-refractivity contribution >= 4 is 5.96 Å². The number of hydrogen-bond donors (Lipinski definition) is 2. The van der Waals surface area contributed by atoms with E-state index in [4.69, 9.17) is 0 Å². The molecule has 1 aromatic rings. The number of aromatic nitrogens is 2. The Morgan fingerprint density at radius 2 is 2.05 bits per heavy atom. The van der Waals surface area contributed by atoms with Gasteiger partial charge in [-0.2, -0.15) is 18.3 Å². The zero-order chi connectivity index (χ0) is 16.2. The van der Waals surface area contributed by atoms with Crippen LogP contribution in [-0.2, 0) is 19.8 Å². The van der Waals surface area contributed by atoms with Crippen LogP contribution in [-0.4, -0.2) is 28.8 Å². The fraction of sp³-hybridized carbons (Fsp3) is 0.714. The third-order valence-electron chi connectivity index (χ3n) is 3.79. The Morgan fingerprint density at radius 1 is 1.36 bits per heavy atom. The zero-order valence-corrected chi connectivity index (χ0v) is 12.9. The third-order valence-corrected chi connectivity index (χ3v) is 3.79. The number of halogens is 3. The van der Waals surface area contributed by atoms with Crippen molar-refractivity contribution in [3.8, 4) is 0 Å². The molecule has 0 aliphatic heterocycles. The van der Waals surface area contributed by atoms with E-state index in [1.54, 1.807) is 7.05 Å². The largest absolute Gasteiger partial charge is 0.435 e. The second-order valence-electron chi connectivity index (χ2n) is 5.58. The molecule has 2 rings (SSSR count). The maximum Gasteiger partial charge on any atom is 0.435 e. The van der Waals surface area contributed by atoms with Crippen molar-refractivity contribution in [2.75, 3.05) is 7.05 Å². The monoisotopic (exact) mass is 317 g/mol. The van der Waals surface area contributed by atoms with Crippen LogP contribution < -0.4 is 10.6 Å². The second-order valence-corrected chi connectivity index (χ2v) is 5.58. The highest BCUT2D eigenvalue weighted by Crippen LogP contribution is 2.30. The number of rotatable bonds is 3. The van der Waals surface area contributed by atoms with Crippen molar-refractivity contribution in [1.82, 2.24) is 20.4 Å². The minimum atomic E-state index is -4.45. The lowest BCUT2D eigenvalue weighted by molar-refractivity contribution is -0.142. The topological polar surface area (TPSA) is 54.2 Å². The maximum absolute atomic E-state index is 12.9. The number of nitrogens with one attached hydrogen (secondary N) is 2. The van der Waals surface area contributed by atoms with Gasteiger partial charge in [0.05, 0.1) is 0 Å². The summed E-state index contributed by atoms with van der Waals surface area (Å²) in [5.41, 5.74) is -0.739. The van der Waals surface area contributed by atoms with E-state index in [0.717, 1.165) is 12.8 Å². The molecule has 1 heterocycles. The van der Waals surface area contributed by atoms with E-state index in [2.05, 4.69) is 20.7 Å². The molecule has 0 saturated heterocycles. The van der Waals surface area contributed by atoms with Crippen LogP contribution in [0.15, 0.2) is 11.2 Å². The molecule has 0 spiro atoms. The predicted octanol–water partition coefficient (Wildman–Crippen LogP) is 2.44. The molecule has 1 aliphatic carbocycles. The second kappa shape index (κ2) is 7.02. The fourth-order valence-corrected chi connectivity index (χ4v) is 2.72. The molecule has 1 aromatic heterocycles. The van der Waals surface area contributed by atoms with E-state index in [0.29, 0.717) is 12.0 Å². The molecule has 8 heteroatoms. The fourth-order valence-electron chi connectivity index (χ4n) is 2.72. The van der Waals surface area contributed by atoms with Crippen LogP contribution in [0.4, 0.5) is 13.2 Å². The van der Waals surface area contributed by atoms with Gasteiger partial charge in [0.1, 0.15) is 0 Å². The summed E-state index contributed by atoms with van der Waals surface area (Å²) in [6.45, 7) is 0.0368. The standard InChI is InChI=1S/C14H22F3N5/c1-18-13(20-11-6-4-3-5-7-11)19-8-10-9-22(2)21-12(10)14(15,16)17/h9,11H,3-8H2,1-2H3,(H2,18,19,20). The molecule has 0 radical (unpaired) electrons. The summed E-state index contributed by atoms with van der Waals surface area (Å²) in [5, 5.41) is 9.71. The van der Waals surface area contributed by atoms with Crippen LogP contribution in [0.25, 0.3) is 0 Å². The smallest absolute Gasteiger partial charge is 0.354 e. The number of alkyl halides is 3. The summed E-state index contributed by atoms with van der Waals surface area (Å²) in [6.07, 6.45) is 2.67. The van der Waals surface area contributed by atoms with Gasteiger partial charge in [-0.05, 0) is 12.8 Å². The van der Waals surface area contributed by atoms with Crippen LogP contribution in [0.2, 0.25) is 0 Å². The summed E-state index contributed by atoms with van der Waals surface area (Å²) < 4.78 is 39.9. The molecule has 0 amide bonds. The van der Waals surface area contributed by atoms with Crippen LogP contribution >= 0.6 is 0 Å². The molecule has 1 fully saturated rings. The highest BCUT2D eigenvalue weighted by atomic mass is 19.4. The first-order valence-corrected chi connectivity index (χ1v) is 7.47. The Morgan fingerprint density at radius 3 is 2.64 bits per heavy atom. The van der Waals surface area contributed by atoms with Crippen LogP contribution in [0.3, 0.4) is 0 Å². The molecular formula is C14H22F3N5. The van der Waals surface area contributed by atoms with Crippen LogP contribution in [0.1, 0.15) is 43.4 Å². The summed E-state index contributed by atoms with van der Waals surface area (Å²) in [6, 6.07) is 0.343. The molecule has 0 atom stereocenters. The lowest BCUT2D eigenvalue weighted by Gasteiger charge is -2.24. The van der Waals surface area contributed by atoms with E-state index in [-0.39, 0.29) is 12.1 Å². The number of hydrogen-bond acceptors (Lipinski definition) is 2. The van der Waals surface area contributed by atoms with E-state index >= 15 is 0 Å². The normalized spacial score (nSPS) is 17.6. The first-order valence-electron chi connectivity index (χ1n) is 7.47. The molecule has 22 heavy (non-hydrogen) atoms. The zero-order valence-electron chi connectivity index (χ0n) is 12.9. The van der Waals surface area contributed by atoms with Crippen molar-refractivity contribution in [3.05, 3.63) is 17.5 Å². The Labute approximate surface area is 128 Å². The number of aliphatic imine (C=N–C) groups is 1. The van der Waals surface area contributed by atoms with E-state index in [1.807, 2.05) is 0 Å². The Hall–Kier alpha value is -1.73. The van der Waals surface area contributed by atoms with Gasteiger partial charge in [-0.25, -0.2) is 0 Å². The Bertz CT molecular complexity index is 515. The minimum Gasteiger partial charge on any atom is -0.354 e. The van der Waals surface area contributed by atoms with E-state index in [1.165, 1.54) is 37.2 Å². The predicted molar refractivity (Wildman–Crippen MR) is 78.4 cm³/mol. The average molecular weight is 317 g/mol. The van der Waals surface area contributed by atoms with Crippen molar-refractivity contribution in [2.24, 2.45) is 12.0 Å². The lowest BCUT2D eigenvalue weighted by Crippen LogP contribution is -2.44. The maximum atomic E-state index is 12.9. The third kappa shape index (κ3) is 4.38. The van der Waals surface area contributed by atoms with Gasteiger partial charge in [0.25, 0.3) is 0 Å². The highest BCUT2D eigenvalue weighted by Gasteiger charge is 2.36. The number of guanidine groups is 1. The lowest BCUT2D eigenvalue weighted by atomic mass is 9.96. The van der Waals surface area contributed by atoms with Gasteiger partial charge in [0.15, 0.2) is 11.7 Å². The van der Waals surface area contributed by atoms with Crippen LogP contribution in [0, 0.1) is 0 Å². The minimum absolute atomic E-state index is 0.0368. The van der Waals surface area contributed by atoms with Crippen LogP contribution in [0.5, 0.6) is 0 Å². The molecule has 0 unspecified atom stereocenters. The van der Waals surface area contributed by atoms with Gasteiger partial charge in [-0.1, -0.05) is 19.3 Å². The van der Waals surface area contributed by atoms with Gasteiger partial charge in [-0.3, -0.25) is 9.67 Å². The Kier molecular flexibility index (Phi) is 5.31. The molecule has 0 bridgehead atoms. The SMILES string of the molecule is CN=C(NCc1cn(C)nc1C(F)(F)F)NC1CCCCC1. The number of nitrogens with zero attached hydrogens (tertiary/aromatic N) is 3. The van der Waals surface area contributed by atoms with Gasteiger partial charge in [-0.15, -0.1) is 0 Å². The summed E-state index contributed by atoms with van der Waals surface area (Å²) in [5.74, 6) is 0.531.